The van der Waals surface area contributed by atoms with Crippen LogP contribution in [0.4, 0.5) is 0 Å². The van der Waals surface area contributed by atoms with Crippen molar-refractivity contribution in [2.45, 2.75) is 32.7 Å². The first kappa shape index (κ1) is 12.1. The Morgan fingerprint density at radius 2 is 2.38 bits per heavy atom. The van der Waals surface area contributed by atoms with Gasteiger partial charge < -0.3 is 0 Å². The highest BCUT2D eigenvalue weighted by atomic mass is 79.9. The molecule has 1 saturated heterocycles. The molecule has 88 valence electrons. The Morgan fingerprint density at radius 1 is 1.50 bits per heavy atom. The standard InChI is InChI=1S/C13H19BrN2/c1-2-3-11-4-5-16(9-11)10-12-6-13(14)8-15-7-12/h6-8,11H,2-5,9-10H2,1H3. The summed E-state index contributed by atoms with van der Waals surface area (Å²) >= 11 is 3.47. The Hall–Kier alpha value is -0.410. The molecule has 16 heavy (non-hydrogen) atoms. The minimum absolute atomic E-state index is 0.921. The first-order valence-corrected chi connectivity index (χ1v) is 6.89. The highest BCUT2D eigenvalue weighted by Gasteiger charge is 2.21. The van der Waals surface area contributed by atoms with Gasteiger partial charge in [-0.2, -0.15) is 0 Å². The lowest BCUT2D eigenvalue weighted by Gasteiger charge is -2.15. The summed E-state index contributed by atoms with van der Waals surface area (Å²) in [5.41, 5.74) is 1.31. The molecular formula is C13H19BrN2. The normalized spacial score (nSPS) is 21.5. The van der Waals surface area contributed by atoms with Crippen LogP contribution < -0.4 is 0 Å². The average molecular weight is 283 g/mol. The molecule has 1 atom stereocenters. The van der Waals surface area contributed by atoms with Crippen molar-refractivity contribution in [3.8, 4) is 0 Å². The van der Waals surface area contributed by atoms with E-state index >= 15 is 0 Å². The van der Waals surface area contributed by atoms with Crippen molar-refractivity contribution in [2.24, 2.45) is 5.92 Å². The second kappa shape index (κ2) is 5.78. The van der Waals surface area contributed by atoms with E-state index < -0.39 is 0 Å². The lowest BCUT2D eigenvalue weighted by Crippen LogP contribution is -2.20. The third-order valence-corrected chi connectivity index (χ3v) is 3.67. The van der Waals surface area contributed by atoms with Crippen LogP contribution in [0.1, 0.15) is 31.7 Å². The van der Waals surface area contributed by atoms with Crippen molar-refractivity contribution in [2.75, 3.05) is 13.1 Å². The van der Waals surface area contributed by atoms with Gasteiger partial charge in [0, 0.05) is 30.0 Å². The van der Waals surface area contributed by atoms with E-state index in [-0.39, 0.29) is 0 Å². The lowest BCUT2D eigenvalue weighted by molar-refractivity contribution is 0.312. The highest BCUT2D eigenvalue weighted by molar-refractivity contribution is 9.10. The van der Waals surface area contributed by atoms with Crippen LogP contribution in [0.5, 0.6) is 0 Å². The van der Waals surface area contributed by atoms with Crippen LogP contribution in [-0.2, 0) is 6.54 Å². The number of hydrogen-bond donors (Lipinski definition) is 0. The maximum absolute atomic E-state index is 4.21. The van der Waals surface area contributed by atoms with Crippen LogP contribution in [0.3, 0.4) is 0 Å². The van der Waals surface area contributed by atoms with Crippen LogP contribution in [0.2, 0.25) is 0 Å². The predicted octanol–water partition coefficient (Wildman–Crippen LogP) is 3.47. The molecule has 0 bridgehead atoms. The van der Waals surface area contributed by atoms with Gasteiger partial charge in [0.1, 0.15) is 0 Å². The summed E-state index contributed by atoms with van der Waals surface area (Å²) < 4.78 is 1.08. The zero-order valence-corrected chi connectivity index (χ0v) is 11.4. The van der Waals surface area contributed by atoms with Crippen LogP contribution in [-0.4, -0.2) is 23.0 Å². The Balaban J connectivity index is 1.87. The Labute approximate surface area is 106 Å². The molecule has 2 heterocycles. The fourth-order valence-corrected chi connectivity index (χ4v) is 2.91. The number of hydrogen-bond acceptors (Lipinski definition) is 2. The molecule has 0 amide bonds. The molecular weight excluding hydrogens is 264 g/mol. The number of halogens is 1. The molecule has 1 aromatic heterocycles. The van der Waals surface area contributed by atoms with E-state index in [1.165, 1.54) is 37.9 Å². The fraction of sp³-hybridized carbons (Fsp3) is 0.615. The maximum atomic E-state index is 4.21. The Bertz CT molecular complexity index is 340. The smallest absolute Gasteiger partial charge is 0.0410 e. The van der Waals surface area contributed by atoms with Crippen LogP contribution in [0, 0.1) is 5.92 Å². The fourth-order valence-electron chi connectivity index (χ4n) is 2.50. The monoisotopic (exact) mass is 282 g/mol. The van der Waals surface area contributed by atoms with Crippen LogP contribution in [0.15, 0.2) is 22.9 Å². The van der Waals surface area contributed by atoms with E-state index in [2.05, 4.69) is 38.8 Å². The second-order valence-electron chi connectivity index (χ2n) is 4.69. The third-order valence-electron chi connectivity index (χ3n) is 3.23. The van der Waals surface area contributed by atoms with Gasteiger partial charge in [-0.1, -0.05) is 13.3 Å². The minimum atomic E-state index is 0.921. The quantitative estimate of drug-likeness (QED) is 0.841. The summed E-state index contributed by atoms with van der Waals surface area (Å²) in [5, 5.41) is 0. The van der Waals surface area contributed by atoms with Gasteiger partial charge >= 0.3 is 0 Å². The highest BCUT2D eigenvalue weighted by Crippen LogP contribution is 2.22. The summed E-state index contributed by atoms with van der Waals surface area (Å²) in [7, 11) is 0. The number of pyridine rings is 1. The number of nitrogens with zero attached hydrogens (tertiary/aromatic N) is 2. The van der Waals surface area contributed by atoms with Gasteiger partial charge in [-0.05, 0) is 52.9 Å². The summed E-state index contributed by atoms with van der Waals surface area (Å²) in [5.74, 6) is 0.921. The molecule has 2 nitrogen and oxygen atoms in total. The lowest BCUT2D eigenvalue weighted by atomic mass is 10.0. The van der Waals surface area contributed by atoms with Gasteiger partial charge in [0.2, 0.25) is 0 Å². The largest absolute Gasteiger partial charge is 0.299 e. The topological polar surface area (TPSA) is 16.1 Å². The van der Waals surface area contributed by atoms with Crippen molar-refractivity contribution < 1.29 is 0 Å². The summed E-state index contributed by atoms with van der Waals surface area (Å²) in [6.45, 7) is 5.84. The van der Waals surface area contributed by atoms with Gasteiger partial charge in [0.25, 0.3) is 0 Å². The Morgan fingerprint density at radius 3 is 3.12 bits per heavy atom. The van der Waals surface area contributed by atoms with E-state index in [4.69, 9.17) is 0 Å². The SMILES string of the molecule is CCCC1CCN(Cc2cncc(Br)c2)C1. The maximum Gasteiger partial charge on any atom is 0.0410 e. The first-order chi connectivity index (χ1) is 7.78. The molecule has 2 rings (SSSR count). The molecule has 0 spiro atoms. The van der Waals surface area contributed by atoms with Crippen molar-refractivity contribution in [1.82, 2.24) is 9.88 Å². The Kier molecular flexibility index (Phi) is 4.36. The van der Waals surface area contributed by atoms with Crippen molar-refractivity contribution in [1.29, 1.82) is 0 Å². The average Bonchev–Trinajstić information content (AvgIpc) is 2.66. The van der Waals surface area contributed by atoms with Gasteiger partial charge in [0.05, 0.1) is 0 Å². The zero-order chi connectivity index (χ0) is 11.4. The molecule has 1 aliphatic heterocycles. The molecule has 0 N–H and O–H groups in total. The molecule has 0 aromatic carbocycles. The summed E-state index contributed by atoms with van der Waals surface area (Å²) in [4.78, 5) is 6.75. The van der Waals surface area contributed by atoms with Gasteiger partial charge in [-0.15, -0.1) is 0 Å². The third kappa shape index (κ3) is 3.29. The molecule has 1 aliphatic rings. The summed E-state index contributed by atoms with van der Waals surface area (Å²) in [6.07, 6.45) is 7.88. The molecule has 3 heteroatoms. The van der Waals surface area contributed by atoms with Crippen LogP contribution >= 0.6 is 15.9 Å². The number of aromatic nitrogens is 1. The molecule has 1 aromatic rings. The van der Waals surface area contributed by atoms with Crippen LogP contribution in [0.25, 0.3) is 0 Å². The molecule has 1 fully saturated rings. The first-order valence-electron chi connectivity index (χ1n) is 6.09. The number of likely N-dealkylation sites (tertiary alicyclic amines) is 1. The molecule has 1 unspecified atom stereocenters. The second-order valence-corrected chi connectivity index (χ2v) is 5.61. The zero-order valence-electron chi connectivity index (χ0n) is 9.82. The van der Waals surface area contributed by atoms with Gasteiger partial charge in [-0.25, -0.2) is 0 Å². The molecule has 0 radical (unpaired) electrons. The van der Waals surface area contributed by atoms with Gasteiger partial charge in [-0.3, -0.25) is 9.88 Å². The minimum Gasteiger partial charge on any atom is -0.299 e. The van der Waals surface area contributed by atoms with E-state index in [0.717, 1.165) is 16.9 Å². The van der Waals surface area contributed by atoms with E-state index in [1.807, 2.05) is 12.4 Å². The molecule has 0 aliphatic carbocycles. The van der Waals surface area contributed by atoms with E-state index in [0.29, 0.717) is 0 Å². The van der Waals surface area contributed by atoms with Crippen molar-refractivity contribution in [3.63, 3.8) is 0 Å². The number of rotatable bonds is 4. The predicted molar refractivity (Wildman–Crippen MR) is 70.2 cm³/mol. The molecule has 0 saturated carbocycles. The van der Waals surface area contributed by atoms with E-state index in [1.54, 1.807) is 0 Å². The van der Waals surface area contributed by atoms with Gasteiger partial charge in [0.15, 0.2) is 0 Å². The van der Waals surface area contributed by atoms with Crippen molar-refractivity contribution in [3.05, 3.63) is 28.5 Å². The van der Waals surface area contributed by atoms with Crippen molar-refractivity contribution >= 4 is 15.9 Å². The van der Waals surface area contributed by atoms with E-state index in [9.17, 15) is 0 Å². The summed E-state index contributed by atoms with van der Waals surface area (Å²) in [6, 6.07) is 2.17.